The molecule has 1 N–H and O–H groups in total. The number of methoxy groups -OCH3 is 1. The first-order valence-electron chi connectivity index (χ1n) is 5.81. The lowest BCUT2D eigenvalue weighted by atomic mass is 10.3. The van der Waals surface area contributed by atoms with Crippen molar-refractivity contribution in [2.75, 3.05) is 12.4 Å². The van der Waals surface area contributed by atoms with Crippen LogP contribution in [-0.2, 0) is 11.3 Å². The molecular weight excluding hydrogens is 344 g/mol. The van der Waals surface area contributed by atoms with Crippen LogP contribution in [0.25, 0.3) is 0 Å². The van der Waals surface area contributed by atoms with Gasteiger partial charge in [0, 0.05) is 11.8 Å². The van der Waals surface area contributed by atoms with E-state index >= 15 is 0 Å². The van der Waals surface area contributed by atoms with E-state index in [0.29, 0.717) is 11.4 Å². The minimum atomic E-state index is -0.624. The van der Waals surface area contributed by atoms with E-state index in [4.69, 9.17) is 4.74 Å². The number of hydrogen-bond donors (Lipinski definition) is 1. The van der Waals surface area contributed by atoms with Gasteiger partial charge in [0.05, 0.1) is 18.4 Å². The second-order valence-corrected chi connectivity index (χ2v) is 4.89. The van der Waals surface area contributed by atoms with Crippen LogP contribution < -0.4 is 10.1 Å². The molecule has 1 amide bonds. The number of halogens is 1. The predicted molar refractivity (Wildman–Crippen MR) is 78.2 cm³/mol. The number of ether oxygens (including phenoxy) is 1. The monoisotopic (exact) mass is 354 g/mol. The molecule has 1 aromatic carbocycles. The minimum absolute atomic E-state index is 0.135. The Hall–Kier alpha value is -2.42. The first-order valence-corrected chi connectivity index (χ1v) is 6.60. The van der Waals surface area contributed by atoms with Gasteiger partial charge in [0.25, 0.3) is 0 Å². The standard InChI is InChI=1S/C12H11BrN4O4/c1-21-9-4-2-3-8(5-9)14-11(18)7-16-6-10(13)12(15-16)17(19)20/h2-6H,7H2,1H3,(H,14,18). The summed E-state index contributed by atoms with van der Waals surface area (Å²) in [5.41, 5.74) is 0.570. The minimum Gasteiger partial charge on any atom is -0.497 e. The molecule has 8 nitrogen and oxygen atoms in total. The van der Waals surface area contributed by atoms with Crippen LogP contribution in [-0.4, -0.2) is 27.7 Å². The summed E-state index contributed by atoms with van der Waals surface area (Å²) in [5, 5.41) is 17.0. The van der Waals surface area contributed by atoms with Crippen molar-refractivity contribution >= 4 is 33.3 Å². The molecule has 9 heteroatoms. The largest absolute Gasteiger partial charge is 0.497 e. The van der Waals surface area contributed by atoms with Crippen molar-refractivity contribution in [3.05, 3.63) is 45.0 Å². The molecular formula is C12H11BrN4O4. The lowest BCUT2D eigenvalue weighted by molar-refractivity contribution is -0.390. The third kappa shape index (κ3) is 3.78. The van der Waals surface area contributed by atoms with Gasteiger partial charge >= 0.3 is 5.82 Å². The normalized spacial score (nSPS) is 10.2. The van der Waals surface area contributed by atoms with E-state index in [1.165, 1.54) is 18.0 Å². The molecule has 2 aromatic rings. The van der Waals surface area contributed by atoms with Gasteiger partial charge in [-0.25, -0.2) is 0 Å². The number of amides is 1. The van der Waals surface area contributed by atoms with Crippen LogP contribution in [0.15, 0.2) is 34.9 Å². The fourth-order valence-electron chi connectivity index (χ4n) is 1.64. The molecule has 110 valence electrons. The average Bonchev–Trinajstić information content (AvgIpc) is 2.79. The number of carbonyl (C=O) groups excluding carboxylic acids is 1. The highest BCUT2D eigenvalue weighted by Crippen LogP contribution is 2.22. The molecule has 0 saturated carbocycles. The van der Waals surface area contributed by atoms with E-state index in [2.05, 4.69) is 26.3 Å². The summed E-state index contributed by atoms with van der Waals surface area (Å²) in [6.45, 7) is -0.135. The Kier molecular flexibility index (Phi) is 4.53. The van der Waals surface area contributed by atoms with Crippen molar-refractivity contribution in [3.8, 4) is 5.75 Å². The van der Waals surface area contributed by atoms with Crippen LogP contribution in [0.2, 0.25) is 0 Å². The van der Waals surface area contributed by atoms with Crippen molar-refractivity contribution in [1.29, 1.82) is 0 Å². The first kappa shape index (κ1) is 15.0. The third-order valence-electron chi connectivity index (χ3n) is 2.53. The second kappa shape index (κ2) is 6.35. The van der Waals surface area contributed by atoms with E-state index in [9.17, 15) is 14.9 Å². The van der Waals surface area contributed by atoms with Crippen LogP contribution in [0.1, 0.15) is 0 Å². The molecule has 0 radical (unpaired) electrons. The number of anilines is 1. The Morgan fingerprint density at radius 3 is 2.95 bits per heavy atom. The fraction of sp³-hybridized carbons (Fsp3) is 0.167. The van der Waals surface area contributed by atoms with Crippen molar-refractivity contribution in [2.45, 2.75) is 6.54 Å². The van der Waals surface area contributed by atoms with Gasteiger partial charge in [-0.15, -0.1) is 0 Å². The van der Waals surface area contributed by atoms with Gasteiger partial charge in [0.1, 0.15) is 16.8 Å². The summed E-state index contributed by atoms with van der Waals surface area (Å²) >= 11 is 3.02. The smallest absolute Gasteiger partial charge is 0.404 e. The highest BCUT2D eigenvalue weighted by molar-refractivity contribution is 9.10. The number of carbonyl (C=O) groups is 1. The lowest BCUT2D eigenvalue weighted by Crippen LogP contribution is -2.19. The molecule has 0 atom stereocenters. The number of rotatable bonds is 5. The number of benzene rings is 1. The van der Waals surface area contributed by atoms with E-state index in [-0.39, 0.29) is 22.7 Å². The Bertz CT molecular complexity index is 686. The van der Waals surface area contributed by atoms with E-state index in [0.717, 1.165) is 0 Å². The Morgan fingerprint density at radius 1 is 1.57 bits per heavy atom. The molecule has 0 aliphatic carbocycles. The first-order chi connectivity index (χ1) is 9.99. The quantitative estimate of drug-likeness (QED) is 0.655. The molecule has 0 saturated heterocycles. The predicted octanol–water partition coefficient (Wildman–Crippen LogP) is 2.20. The zero-order valence-corrected chi connectivity index (χ0v) is 12.5. The number of nitrogens with one attached hydrogen (secondary N) is 1. The van der Waals surface area contributed by atoms with E-state index < -0.39 is 4.92 Å². The SMILES string of the molecule is COc1cccc(NC(=O)Cn2cc(Br)c([N+](=O)[O-])n2)c1. The van der Waals surface area contributed by atoms with Crippen LogP contribution in [0.4, 0.5) is 11.5 Å². The Labute approximate surface area is 128 Å². The maximum absolute atomic E-state index is 11.9. The van der Waals surface area contributed by atoms with Crippen LogP contribution in [0.5, 0.6) is 5.75 Å². The number of aromatic nitrogens is 2. The highest BCUT2D eigenvalue weighted by Gasteiger charge is 2.19. The maximum atomic E-state index is 11.9. The van der Waals surface area contributed by atoms with E-state index in [1.54, 1.807) is 24.3 Å². The second-order valence-electron chi connectivity index (χ2n) is 4.04. The topological polar surface area (TPSA) is 99.3 Å². The van der Waals surface area contributed by atoms with Gasteiger partial charge in [-0.05, 0) is 33.0 Å². The lowest BCUT2D eigenvalue weighted by Gasteiger charge is -2.05. The molecule has 2 rings (SSSR count). The molecule has 0 aliphatic heterocycles. The van der Waals surface area contributed by atoms with Crippen LogP contribution in [0, 0.1) is 10.1 Å². The molecule has 0 aliphatic rings. The summed E-state index contributed by atoms with van der Waals surface area (Å²) in [5.74, 6) is -0.0670. The van der Waals surface area contributed by atoms with Crippen molar-refractivity contribution < 1.29 is 14.5 Å². The van der Waals surface area contributed by atoms with Gasteiger partial charge < -0.3 is 20.2 Å². The van der Waals surface area contributed by atoms with Gasteiger partial charge in [-0.2, -0.15) is 4.68 Å². The number of nitro groups is 1. The maximum Gasteiger partial charge on any atom is 0.404 e. The Morgan fingerprint density at radius 2 is 2.33 bits per heavy atom. The van der Waals surface area contributed by atoms with Crippen molar-refractivity contribution in [3.63, 3.8) is 0 Å². The van der Waals surface area contributed by atoms with Crippen LogP contribution in [0.3, 0.4) is 0 Å². The van der Waals surface area contributed by atoms with Gasteiger partial charge in [0.15, 0.2) is 0 Å². The van der Waals surface area contributed by atoms with E-state index in [1.807, 2.05) is 0 Å². The molecule has 0 spiro atoms. The summed E-state index contributed by atoms with van der Waals surface area (Å²) in [6.07, 6.45) is 1.38. The third-order valence-corrected chi connectivity index (χ3v) is 3.09. The van der Waals surface area contributed by atoms with Crippen molar-refractivity contribution in [1.82, 2.24) is 9.78 Å². The van der Waals surface area contributed by atoms with Gasteiger partial charge in [-0.1, -0.05) is 6.07 Å². The molecule has 0 bridgehead atoms. The Balaban J connectivity index is 2.04. The summed E-state index contributed by atoms with van der Waals surface area (Å²) < 4.78 is 6.47. The molecule has 0 fully saturated rings. The zero-order valence-electron chi connectivity index (χ0n) is 10.9. The summed E-state index contributed by atoms with van der Waals surface area (Å²) in [4.78, 5) is 21.9. The fourth-order valence-corrected chi connectivity index (χ4v) is 2.10. The average molecular weight is 355 g/mol. The number of nitrogens with zero attached hydrogens (tertiary/aromatic N) is 3. The summed E-state index contributed by atoms with van der Waals surface area (Å²) in [7, 11) is 1.53. The van der Waals surface area contributed by atoms with Gasteiger partial charge in [-0.3, -0.25) is 4.79 Å². The van der Waals surface area contributed by atoms with Crippen molar-refractivity contribution in [2.24, 2.45) is 0 Å². The van der Waals surface area contributed by atoms with Gasteiger partial charge in [0.2, 0.25) is 5.91 Å². The highest BCUT2D eigenvalue weighted by atomic mass is 79.9. The summed E-state index contributed by atoms with van der Waals surface area (Å²) in [6, 6.07) is 6.87. The molecule has 1 heterocycles. The molecule has 0 unspecified atom stereocenters. The molecule has 21 heavy (non-hydrogen) atoms. The van der Waals surface area contributed by atoms with Crippen LogP contribution >= 0.6 is 15.9 Å². The zero-order chi connectivity index (χ0) is 15.4. The number of hydrogen-bond acceptors (Lipinski definition) is 5. The molecule has 1 aromatic heterocycles.